The molecule has 2 aromatic carbocycles. The first-order valence-corrected chi connectivity index (χ1v) is 10.9. The van der Waals surface area contributed by atoms with Gasteiger partial charge in [-0.05, 0) is 29.2 Å². The van der Waals surface area contributed by atoms with Crippen molar-refractivity contribution in [3.63, 3.8) is 0 Å². The average Bonchev–Trinajstić information content (AvgIpc) is 3.35. The number of amides is 2. The molecule has 1 heterocycles. The zero-order valence-electron chi connectivity index (χ0n) is 19.6. The average molecular weight is 479 g/mol. The van der Waals surface area contributed by atoms with Gasteiger partial charge in [0.15, 0.2) is 5.54 Å². The number of aliphatic carboxylic acids is 1. The fraction of sp³-hybridized carbons (Fsp3) is 0.280. The van der Waals surface area contributed by atoms with Gasteiger partial charge < -0.3 is 19.9 Å². The van der Waals surface area contributed by atoms with Crippen molar-refractivity contribution in [2.75, 3.05) is 25.6 Å². The number of methoxy groups -OCH3 is 1. The molecular formula is C25H26N4O6. The molecule has 0 fully saturated rings. The zero-order chi connectivity index (χ0) is 25.2. The number of carbonyl (C=O) groups excluding carboxylic acids is 2. The van der Waals surface area contributed by atoms with Crippen LogP contribution in [0, 0.1) is 0 Å². The van der Waals surface area contributed by atoms with Crippen LogP contribution in [0.2, 0.25) is 0 Å². The standard InChI is InChI=1S/C25H26N4O6/c1-25(14-34-3,23(31)32)28-22(30)19-12-26-29(2)21(19)27-24(33)35-13-20-17-10-6-4-8-15(17)16-9-5-7-11-18(16)20/h4-12,20H,13-14H2,1-3H3,(H,27,33)(H,28,30)(H,31,32). The number of carboxylic acid groups (broad SMARTS) is 1. The van der Waals surface area contributed by atoms with Crippen molar-refractivity contribution >= 4 is 23.8 Å². The van der Waals surface area contributed by atoms with Crippen LogP contribution < -0.4 is 10.6 Å². The number of anilines is 1. The van der Waals surface area contributed by atoms with E-state index in [9.17, 15) is 19.5 Å². The fourth-order valence-corrected chi connectivity index (χ4v) is 4.24. The minimum absolute atomic E-state index is 0.00964. The summed E-state index contributed by atoms with van der Waals surface area (Å²) >= 11 is 0. The highest BCUT2D eigenvalue weighted by Gasteiger charge is 2.36. The quantitative estimate of drug-likeness (QED) is 0.453. The number of ether oxygens (including phenoxy) is 2. The Morgan fingerprint density at radius 2 is 1.69 bits per heavy atom. The molecule has 0 aliphatic heterocycles. The first-order valence-electron chi connectivity index (χ1n) is 10.9. The Hall–Kier alpha value is -4.18. The number of nitrogens with zero attached hydrogens (tertiary/aromatic N) is 2. The predicted octanol–water partition coefficient (Wildman–Crippen LogP) is 3.00. The van der Waals surface area contributed by atoms with Crippen molar-refractivity contribution in [3.8, 4) is 11.1 Å². The lowest BCUT2D eigenvalue weighted by Gasteiger charge is -2.25. The number of hydrogen-bond acceptors (Lipinski definition) is 6. The lowest BCUT2D eigenvalue weighted by atomic mass is 9.98. The molecule has 10 heteroatoms. The van der Waals surface area contributed by atoms with Crippen LogP contribution in [-0.4, -0.2) is 58.7 Å². The number of hydrogen-bond donors (Lipinski definition) is 3. The number of aryl methyl sites for hydroxylation is 1. The van der Waals surface area contributed by atoms with Gasteiger partial charge in [-0.2, -0.15) is 5.10 Å². The van der Waals surface area contributed by atoms with Gasteiger partial charge in [-0.3, -0.25) is 14.8 Å². The van der Waals surface area contributed by atoms with Crippen molar-refractivity contribution in [1.29, 1.82) is 0 Å². The van der Waals surface area contributed by atoms with Crippen molar-refractivity contribution in [3.05, 3.63) is 71.4 Å². The molecule has 4 rings (SSSR count). The highest BCUT2D eigenvalue weighted by atomic mass is 16.5. The lowest BCUT2D eigenvalue weighted by molar-refractivity contribution is -0.145. The Kier molecular flexibility index (Phi) is 6.57. The Labute approximate surface area is 201 Å². The molecule has 1 aliphatic carbocycles. The van der Waals surface area contributed by atoms with Gasteiger partial charge in [0.25, 0.3) is 5.91 Å². The fourth-order valence-electron chi connectivity index (χ4n) is 4.24. The molecule has 0 saturated carbocycles. The van der Waals surface area contributed by atoms with Crippen LogP contribution >= 0.6 is 0 Å². The first-order chi connectivity index (χ1) is 16.7. The third-order valence-electron chi connectivity index (χ3n) is 6.04. The van der Waals surface area contributed by atoms with Crippen LogP contribution in [0.1, 0.15) is 34.3 Å². The molecular weight excluding hydrogens is 452 g/mol. The van der Waals surface area contributed by atoms with E-state index in [2.05, 4.69) is 15.7 Å². The molecule has 0 radical (unpaired) electrons. The number of aromatic nitrogens is 2. The van der Waals surface area contributed by atoms with Gasteiger partial charge in [0.2, 0.25) is 0 Å². The van der Waals surface area contributed by atoms with E-state index >= 15 is 0 Å². The van der Waals surface area contributed by atoms with Crippen LogP contribution in [0.3, 0.4) is 0 Å². The summed E-state index contributed by atoms with van der Waals surface area (Å²) in [5.41, 5.74) is 2.70. The molecule has 0 saturated heterocycles. The Balaban J connectivity index is 1.47. The van der Waals surface area contributed by atoms with Gasteiger partial charge >= 0.3 is 12.1 Å². The van der Waals surface area contributed by atoms with E-state index in [-0.39, 0.29) is 30.5 Å². The van der Waals surface area contributed by atoms with Crippen molar-refractivity contribution in [1.82, 2.24) is 15.1 Å². The SMILES string of the molecule is COCC(C)(NC(=O)c1cnn(C)c1NC(=O)OCC1c2ccccc2-c2ccccc21)C(=O)O. The van der Waals surface area contributed by atoms with Crippen LogP contribution in [0.15, 0.2) is 54.7 Å². The topological polar surface area (TPSA) is 132 Å². The summed E-state index contributed by atoms with van der Waals surface area (Å²) in [6.45, 7) is 1.18. The highest BCUT2D eigenvalue weighted by molar-refractivity contribution is 6.03. The van der Waals surface area contributed by atoms with Crippen LogP contribution in [-0.2, 0) is 21.3 Å². The van der Waals surface area contributed by atoms with E-state index in [0.717, 1.165) is 22.3 Å². The summed E-state index contributed by atoms with van der Waals surface area (Å²) in [5.74, 6) is -2.03. The van der Waals surface area contributed by atoms with Gasteiger partial charge in [0, 0.05) is 20.1 Å². The van der Waals surface area contributed by atoms with E-state index in [1.165, 1.54) is 24.9 Å². The molecule has 2 amide bonds. The summed E-state index contributed by atoms with van der Waals surface area (Å²) in [6.07, 6.45) is 0.478. The molecule has 1 atom stereocenters. The second kappa shape index (κ2) is 9.59. The van der Waals surface area contributed by atoms with E-state index in [1.807, 2.05) is 48.5 Å². The maximum absolute atomic E-state index is 12.8. The van der Waals surface area contributed by atoms with Gasteiger partial charge in [-0.25, -0.2) is 9.59 Å². The largest absolute Gasteiger partial charge is 0.479 e. The van der Waals surface area contributed by atoms with E-state index in [4.69, 9.17) is 9.47 Å². The molecule has 1 unspecified atom stereocenters. The third kappa shape index (κ3) is 4.60. The van der Waals surface area contributed by atoms with E-state index in [0.29, 0.717) is 0 Å². The molecule has 0 spiro atoms. The van der Waals surface area contributed by atoms with Crippen LogP contribution in [0.25, 0.3) is 11.1 Å². The molecule has 182 valence electrons. The molecule has 0 bridgehead atoms. The highest BCUT2D eigenvalue weighted by Crippen LogP contribution is 2.44. The maximum Gasteiger partial charge on any atom is 0.412 e. The molecule has 1 aliphatic rings. The smallest absolute Gasteiger partial charge is 0.412 e. The minimum Gasteiger partial charge on any atom is -0.479 e. The Morgan fingerprint density at radius 1 is 1.09 bits per heavy atom. The van der Waals surface area contributed by atoms with Crippen LogP contribution in [0.4, 0.5) is 10.6 Å². The third-order valence-corrected chi connectivity index (χ3v) is 6.04. The maximum atomic E-state index is 12.8. The second-order valence-corrected chi connectivity index (χ2v) is 8.51. The summed E-state index contributed by atoms with van der Waals surface area (Å²) in [6, 6.07) is 16.0. The van der Waals surface area contributed by atoms with E-state index in [1.54, 1.807) is 7.05 Å². The van der Waals surface area contributed by atoms with Crippen molar-refractivity contribution in [2.45, 2.75) is 18.4 Å². The number of carbonyl (C=O) groups is 3. The van der Waals surface area contributed by atoms with E-state index < -0.39 is 23.5 Å². The lowest BCUT2D eigenvalue weighted by Crippen LogP contribution is -2.55. The monoisotopic (exact) mass is 478 g/mol. The predicted molar refractivity (Wildman–Crippen MR) is 127 cm³/mol. The molecule has 35 heavy (non-hydrogen) atoms. The second-order valence-electron chi connectivity index (χ2n) is 8.51. The number of fused-ring (bicyclic) bond motifs is 3. The number of benzene rings is 2. The summed E-state index contributed by atoms with van der Waals surface area (Å²) < 4.78 is 11.8. The summed E-state index contributed by atoms with van der Waals surface area (Å²) in [4.78, 5) is 37.1. The molecule has 3 aromatic rings. The Morgan fingerprint density at radius 3 is 2.26 bits per heavy atom. The first kappa shape index (κ1) is 24.0. The number of carboxylic acids is 1. The molecule has 3 N–H and O–H groups in total. The summed E-state index contributed by atoms with van der Waals surface area (Å²) in [7, 11) is 2.88. The number of nitrogens with one attached hydrogen (secondary N) is 2. The molecule has 10 nitrogen and oxygen atoms in total. The van der Waals surface area contributed by atoms with Gasteiger partial charge in [-0.1, -0.05) is 48.5 Å². The molecule has 1 aromatic heterocycles. The minimum atomic E-state index is -1.66. The zero-order valence-corrected chi connectivity index (χ0v) is 19.6. The number of rotatable bonds is 8. The van der Waals surface area contributed by atoms with Crippen LogP contribution in [0.5, 0.6) is 0 Å². The normalized spacial score (nSPS) is 13.9. The van der Waals surface area contributed by atoms with Gasteiger partial charge in [0.1, 0.15) is 18.0 Å². The summed E-state index contributed by atoms with van der Waals surface area (Å²) in [5, 5.41) is 18.5. The van der Waals surface area contributed by atoms with Crippen molar-refractivity contribution < 1.29 is 29.0 Å². The van der Waals surface area contributed by atoms with Gasteiger partial charge in [-0.15, -0.1) is 0 Å². The van der Waals surface area contributed by atoms with Crippen molar-refractivity contribution in [2.24, 2.45) is 7.05 Å². The Bertz CT molecular complexity index is 1240. The van der Waals surface area contributed by atoms with Gasteiger partial charge in [0.05, 0.1) is 12.8 Å².